The first kappa shape index (κ1) is 13.0. The third-order valence-corrected chi connectivity index (χ3v) is 3.42. The topological polar surface area (TPSA) is 84.2 Å². The van der Waals surface area contributed by atoms with Crippen LogP contribution in [0.1, 0.15) is 33.6 Å². The molecule has 2 atom stereocenters. The van der Waals surface area contributed by atoms with E-state index in [4.69, 9.17) is 5.73 Å². The second-order valence-electron chi connectivity index (χ2n) is 4.92. The molecule has 1 unspecified atom stereocenters. The van der Waals surface area contributed by atoms with E-state index in [2.05, 4.69) is 10.6 Å². The number of hydrogen-bond acceptors (Lipinski definition) is 3. The standard InChI is InChI=1S/C11H21N3O2/c1-7(2)11(3,6-12)14-10(16)8-4-5-9(15)13-8/h7-8H,4-6,12H2,1-3H3,(H,13,15)(H,14,16)/t8-,11?/m0/s1. The van der Waals surface area contributed by atoms with Crippen molar-refractivity contribution in [2.45, 2.75) is 45.2 Å². The molecular weight excluding hydrogens is 206 g/mol. The average molecular weight is 227 g/mol. The summed E-state index contributed by atoms with van der Waals surface area (Å²) in [6.07, 6.45) is 1.00. The van der Waals surface area contributed by atoms with Crippen LogP contribution < -0.4 is 16.4 Å². The van der Waals surface area contributed by atoms with E-state index < -0.39 is 11.6 Å². The molecule has 0 aliphatic carbocycles. The predicted octanol–water partition coefficient (Wildman–Crippen LogP) is -0.245. The smallest absolute Gasteiger partial charge is 0.243 e. The first-order chi connectivity index (χ1) is 7.39. The van der Waals surface area contributed by atoms with Gasteiger partial charge >= 0.3 is 0 Å². The van der Waals surface area contributed by atoms with E-state index in [-0.39, 0.29) is 17.7 Å². The van der Waals surface area contributed by atoms with Gasteiger partial charge in [-0.3, -0.25) is 9.59 Å². The van der Waals surface area contributed by atoms with Crippen molar-refractivity contribution in [2.75, 3.05) is 6.54 Å². The largest absolute Gasteiger partial charge is 0.348 e. The van der Waals surface area contributed by atoms with E-state index in [1.54, 1.807) is 0 Å². The van der Waals surface area contributed by atoms with Crippen LogP contribution in [0.2, 0.25) is 0 Å². The van der Waals surface area contributed by atoms with Crippen LogP contribution in [0.15, 0.2) is 0 Å². The normalized spacial score (nSPS) is 24.1. The third kappa shape index (κ3) is 2.72. The zero-order valence-corrected chi connectivity index (χ0v) is 10.2. The molecule has 0 aromatic carbocycles. The van der Waals surface area contributed by atoms with Gasteiger partial charge in [0.2, 0.25) is 11.8 Å². The van der Waals surface area contributed by atoms with Gasteiger partial charge < -0.3 is 16.4 Å². The highest BCUT2D eigenvalue weighted by atomic mass is 16.2. The number of rotatable bonds is 4. The summed E-state index contributed by atoms with van der Waals surface area (Å²) in [5.41, 5.74) is 5.27. The predicted molar refractivity (Wildman–Crippen MR) is 61.6 cm³/mol. The lowest BCUT2D eigenvalue weighted by Crippen LogP contribution is -2.58. The molecule has 1 rings (SSSR count). The van der Waals surface area contributed by atoms with E-state index in [0.717, 1.165) is 0 Å². The van der Waals surface area contributed by atoms with E-state index in [0.29, 0.717) is 19.4 Å². The summed E-state index contributed by atoms with van der Waals surface area (Å²) in [4.78, 5) is 22.9. The van der Waals surface area contributed by atoms with Gasteiger partial charge in [0.05, 0.1) is 5.54 Å². The fraction of sp³-hybridized carbons (Fsp3) is 0.818. The van der Waals surface area contributed by atoms with Crippen molar-refractivity contribution in [3.05, 3.63) is 0 Å². The summed E-state index contributed by atoms with van der Waals surface area (Å²) in [6.45, 7) is 6.34. The zero-order valence-electron chi connectivity index (χ0n) is 10.2. The average Bonchev–Trinajstić information content (AvgIpc) is 2.64. The van der Waals surface area contributed by atoms with Crippen molar-refractivity contribution < 1.29 is 9.59 Å². The fourth-order valence-corrected chi connectivity index (χ4v) is 1.61. The Morgan fingerprint density at radius 3 is 2.69 bits per heavy atom. The lowest BCUT2D eigenvalue weighted by atomic mass is 9.88. The van der Waals surface area contributed by atoms with Crippen molar-refractivity contribution in [2.24, 2.45) is 11.7 Å². The SMILES string of the molecule is CC(C)C(C)(CN)NC(=O)[C@@H]1CCC(=O)N1. The van der Waals surface area contributed by atoms with Crippen molar-refractivity contribution in [1.29, 1.82) is 0 Å². The molecule has 1 fully saturated rings. The lowest BCUT2D eigenvalue weighted by molar-refractivity contribution is -0.127. The Balaban J connectivity index is 2.59. The molecule has 0 aromatic heterocycles. The van der Waals surface area contributed by atoms with Crippen LogP contribution in [0.5, 0.6) is 0 Å². The molecule has 0 spiro atoms. The molecule has 0 saturated carbocycles. The molecule has 16 heavy (non-hydrogen) atoms. The summed E-state index contributed by atoms with van der Waals surface area (Å²) in [6, 6.07) is -0.392. The third-order valence-electron chi connectivity index (χ3n) is 3.42. The number of carbonyl (C=O) groups is 2. The molecule has 1 heterocycles. The van der Waals surface area contributed by atoms with Gasteiger partial charge in [0.1, 0.15) is 6.04 Å². The number of hydrogen-bond donors (Lipinski definition) is 3. The maximum atomic E-state index is 11.9. The van der Waals surface area contributed by atoms with Gasteiger partial charge in [0, 0.05) is 13.0 Å². The van der Waals surface area contributed by atoms with Gasteiger partial charge in [-0.2, -0.15) is 0 Å². The van der Waals surface area contributed by atoms with Crippen molar-refractivity contribution in [3.63, 3.8) is 0 Å². The summed E-state index contributed by atoms with van der Waals surface area (Å²) < 4.78 is 0. The Morgan fingerprint density at radius 1 is 1.69 bits per heavy atom. The minimum absolute atomic E-state index is 0.0563. The highest BCUT2D eigenvalue weighted by molar-refractivity contribution is 5.91. The van der Waals surface area contributed by atoms with Crippen LogP contribution in [0, 0.1) is 5.92 Å². The second-order valence-corrected chi connectivity index (χ2v) is 4.92. The molecule has 2 amide bonds. The summed E-state index contributed by atoms with van der Waals surface area (Å²) in [5, 5.41) is 5.57. The van der Waals surface area contributed by atoms with E-state index in [9.17, 15) is 9.59 Å². The number of amides is 2. The molecule has 1 aliphatic heterocycles. The highest BCUT2D eigenvalue weighted by Gasteiger charge is 2.34. The molecule has 92 valence electrons. The van der Waals surface area contributed by atoms with Crippen LogP contribution in [-0.4, -0.2) is 29.9 Å². The molecule has 4 N–H and O–H groups in total. The van der Waals surface area contributed by atoms with Crippen LogP contribution in [0.3, 0.4) is 0 Å². The molecule has 0 radical (unpaired) electrons. The Bertz CT molecular complexity index is 291. The minimum Gasteiger partial charge on any atom is -0.348 e. The quantitative estimate of drug-likeness (QED) is 0.619. The molecule has 1 aliphatic rings. The second kappa shape index (κ2) is 4.82. The van der Waals surface area contributed by atoms with Gasteiger partial charge in [0.25, 0.3) is 0 Å². The highest BCUT2D eigenvalue weighted by Crippen LogP contribution is 2.16. The number of carbonyl (C=O) groups excluding carboxylic acids is 2. The molecule has 5 nitrogen and oxygen atoms in total. The van der Waals surface area contributed by atoms with Crippen LogP contribution >= 0.6 is 0 Å². The van der Waals surface area contributed by atoms with Gasteiger partial charge in [-0.05, 0) is 19.3 Å². The Morgan fingerprint density at radius 2 is 2.31 bits per heavy atom. The Kier molecular flexibility index (Phi) is 3.91. The van der Waals surface area contributed by atoms with Gasteiger partial charge in [0.15, 0.2) is 0 Å². The molecule has 1 saturated heterocycles. The number of nitrogens with two attached hydrogens (primary N) is 1. The Labute approximate surface area is 96.1 Å². The van der Waals surface area contributed by atoms with Crippen molar-refractivity contribution in [3.8, 4) is 0 Å². The van der Waals surface area contributed by atoms with E-state index >= 15 is 0 Å². The van der Waals surface area contributed by atoms with Gasteiger partial charge in [-0.25, -0.2) is 0 Å². The van der Waals surface area contributed by atoms with Gasteiger partial charge in [-0.15, -0.1) is 0 Å². The summed E-state index contributed by atoms with van der Waals surface area (Å²) in [7, 11) is 0. The van der Waals surface area contributed by atoms with Crippen LogP contribution in [0.4, 0.5) is 0 Å². The van der Waals surface area contributed by atoms with E-state index in [1.807, 2.05) is 20.8 Å². The van der Waals surface area contributed by atoms with E-state index in [1.165, 1.54) is 0 Å². The molecule has 0 aromatic rings. The Hall–Kier alpha value is -1.10. The summed E-state index contributed by atoms with van der Waals surface area (Å²) >= 11 is 0. The molecule has 5 heteroatoms. The maximum absolute atomic E-state index is 11.9. The molecular formula is C11H21N3O2. The lowest BCUT2D eigenvalue weighted by Gasteiger charge is -2.34. The summed E-state index contributed by atoms with van der Waals surface area (Å²) in [5.74, 6) is 0.0604. The minimum atomic E-state index is -0.412. The monoisotopic (exact) mass is 227 g/mol. The number of nitrogens with one attached hydrogen (secondary N) is 2. The van der Waals surface area contributed by atoms with Crippen LogP contribution in [-0.2, 0) is 9.59 Å². The first-order valence-electron chi connectivity index (χ1n) is 5.70. The first-order valence-corrected chi connectivity index (χ1v) is 5.70. The molecule has 0 bridgehead atoms. The van der Waals surface area contributed by atoms with Gasteiger partial charge in [-0.1, -0.05) is 13.8 Å². The van der Waals surface area contributed by atoms with Crippen molar-refractivity contribution in [1.82, 2.24) is 10.6 Å². The van der Waals surface area contributed by atoms with Crippen LogP contribution in [0.25, 0.3) is 0 Å². The van der Waals surface area contributed by atoms with Crippen molar-refractivity contribution >= 4 is 11.8 Å². The fourth-order valence-electron chi connectivity index (χ4n) is 1.61. The maximum Gasteiger partial charge on any atom is 0.243 e. The zero-order chi connectivity index (χ0) is 12.3.